The number of likely N-dealkylation sites (tertiary alicyclic amines) is 1. The first-order chi connectivity index (χ1) is 17.0. The van der Waals surface area contributed by atoms with Crippen LogP contribution in [0.2, 0.25) is 0 Å². The van der Waals surface area contributed by atoms with Crippen molar-refractivity contribution in [2.45, 2.75) is 38.8 Å². The molecule has 4 rings (SSSR count). The van der Waals surface area contributed by atoms with E-state index in [9.17, 15) is 4.79 Å². The molecule has 0 aliphatic carbocycles. The fourth-order valence-corrected chi connectivity index (χ4v) is 4.69. The summed E-state index contributed by atoms with van der Waals surface area (Å²) in [5.74, 6) is 1.66. The van der Waals surface area contributed by atoms with E-state index < -0.39 is 0 Å². The molecule has 0 unspecified atom stereocenters. The van der Waals surface area contributed by atoms with Gasteiger partial charge in [-0.25, -0.2) is 0 Å². The van der Waals surface area contributed by atoms with Crippen molar-refractivity contribution in [1.29, 1.82) is 0 Å². The lowest BCUT2D eigenvalue weighted by Gasteiger charge is -2.40. The molecular formula is C28H38N2O5. The first-order valence-corrected chi connectivity index (χ1v) is 12.5. The number of hydrogen-bond donors (Lipinski definition) is 0. The lowest BCUT2D eigenvalue weighted by molar-refractivity contribution is -0.137. The maximum atomic E-state index is 12.3. The Morgan fingerprint density at radius 3 is 2.34 bits per heavy atom. The van der Waals surface area contributed by atoms with Crippen LogP contribution >= 0.6 is 0 Å². The van der Waals surface area contributed by atoms with Gasteiger partial charge in [0.25, 0.3) is 5.91 Å². The SMILES string of the molecule is COC1(COc2ccc(C)cc2C)CCN(Cc2ccc(OCC(=O)N3CCOCC3)cc2)CC1. The molecule has 35 heavy (non-hydrogen) atoms. The minimum absolute atomic E-state index is 0.00818. The fourth-order valence-electron chi connectivity index (χ4n) is 4.69. The van der Waals surface area contributed by atoms with Crippen molar-refractivity contribution in [3.63, 3.8) is 0 Å². The number of rotatable bonds is 9. The molecule has 2 aromatic rings. The van der Waals surface area contributed by atoms with Gasteiger partial charge in [-0.2, -0.15) is 0 Å². The average molecular weight is 483 g/mol. The van der Waals surface area contributed by atoms with E-state index in [0.717, 1.165) is 49.5 Å². The van der Waals surface area contributed by atoms with E-state index in [1.807, 2.05) is 12.1 Å². The largest absolute Gasteiger partial charge is 0.490 e. The van der Waals surface area contributed by atoms with Crippen molar-refractivity contribution in [2.75, 3.05) is 59.7 Å². The molecule has 2 aliphatic heterocycles. The van der Waals surface area contributed by atoms with Crippen molar-refractivity contribution in [1.82, 2.24) is 9.80 Å². The van der Waals surface area contributed by atoms with Crippen molar-refractivity contribution >= 4 is 5.91 Å². The number of benzene rings is 2. The molecule has 2 heterocycles. The predicted molar refractivity (Wildman–Crippen MR) is 135 cm³/mol. The molecule has 190 valence electrons. The number of carbonyl (C=O) groups excluding carboxylic acids is 1. The summed E-state index contributed by atoms with van der Waals surface area (Å²) in [6.45, 7) is 10.1. The van der Waals surface area contributed by atoms with Gasteiger partial charge in [0, 0.05) is 39.8 Å². The number of nitrogens with zero attached hydrogens (tertiary/aromatic N) is 2. The highest BCUT2D eigenvalue weighted by Crippen LogP contribution is 2.29. The molecule has 0 spiro atoms. The molecule has 0 saturated carbocycles. The van der Waals surface area contributed by atoms with E-state index in [0.29, 0.717) is 32.9 Å². The minimum Gasteiger partial charge on any atom is -0.490 e. The Hall–Kier alpha value is -2.61. The van der Waals surface area contributed by atoms with Crippen LogP contribution in [0, 0.1) is 13.8 Å². The zero-order chi connectivity index (χ0) is 24.7. The number of hydrogen-bond acceptors (Lipinski definition) is 6. The summed E-state index contributed by atoms with van der Waals surface area (Å²) in [5, 5.41) is 0. The van der Waals surface area contributed by atoms with Crippen LogP contribution in [0.5, 0.6) is 11.5 Å². The third-order valence-corrected chi connectivity index (χ3v) is 7.08. The van der Waals surface area contributed by atoms with Gasteiger partial charge >= 0.3 is 0 Å². The van der Waals surface area contributed by atoms with Crippen LogP contribution in [-0.2, 0) is 20.8 Å². The lowest BCUT2D eigenvalue weighted by Crippen LogP contribution is -2.48. The topological polar surface area (TPSA) is 60.5 Å². The molecule has 2 saturated heterocycles. The van der Waals surface area contributed by atoms with E-state index in [2.05, 4.69) is 49.1 Å². The average Bonchev–Trinajstić information content (AvgIpc) is 2.89. The molecule has 1 amide bonds. The Morgan fingerprint density at radius 2 is 1.69 bits per heavy atom. The second kappa shape index (κ2) is 11.9. The molecule has 0 N–H and O–H groups in total. The monoisotopic (exact) mass is 482 g/mol. The number of morpholine rings is 1. The predicted octanol–water partition coefficient (Wildman–Crippen LogP) is 3.60. The van der Waals surface area contributed by atoms with Crippen molar-refractivity contribution in [2.24, 2.45) is 0 Å². The standard InChI is InChI=1S/C28H38N2O5/c1-22-4-9-26(23(2)18-22)35-21-28(32-3)10-12-29(13-11-28)19-24-5-7-25(8-6-24)34-20-27(31)30-14-16-33-17-15-30/h4-9,18H,10-17,19-21H2,1-3H3. The van der Waals surface area contributed by atoms with E-state index in [1.54, 1.807) is 12.0 Å². The zero-order valence-corrected chi connectivity index (χ0v) is 21.3. The van der Waals surface area contributed by atoms with Crippen LogP contribution in [0.1, 0.15) is 29.5 Å². The van der Waals surface area contributed by atoms with Gasteiger partial charge in [0.1, 0.15) is 23.7 Å². The number of piperidine rings is 1. The maximum absolute atomic E-state index is 12.3. The highest BCUT2D eigenvalue weighted by atomic mass is 16.5. The Bertz CT molecular complexity index is 964. The van der Waals surface area contributed by atoms with Crippen LogP contribution in [0.15, 0.2) is 42.5 Å². The van der Waals surface area contributed by atoms with Gasteiger partial charge in [0.05, 0.1) is 13.2 Å². The molecule has 2 aliphatic rings. The Labute approximate surface area is 208 Å². The number of ether oxygens (including phenoxy) is 4. The van der Waals surface area contributed by atoms with Gasteiger partial charge in [0.15, 0.2) is 6.61 Å². The van der Waals surface area contributed by atoms with Gasteiger partial charge < -0.3 is 23.8 Å². The molecule has 2 aromatic carbocycles. The molecule has 0 aromatic heterocycles. The molecule has 0 bridgehead atoms. The first-order valence-electron chi connectivity index (χ1n) is 12.5. The van der Waals surface area contributed by atoms with Gasteiger partial charge in [-0.15, -0.1) is 0 Å². The number of methoxy groups -OCH3 is 1. The second-order valence-electron chi connectivity index (χ2n) is 9.65. The van der Waals surface area contributed by atoms with Crippen LogP contribution < -0.4 is 9.47 Å². The van der Waals surface area contributed by atoms with Gasteiger partial charge in [0.2, 0.25) is 0 Å². The molecular weight excluding hydrogens is 444 g/mol. The summed E-state index contributed by atoms with van der Waals surface area (Å²) in [4.78, 5) is 16.5. The molecule has 7 nitrogen and oxygen atoms in total. The maximum Gasteiger partial charge on any atom is 0.260 e. The summed E-state index contributed by atoms with van der Waals surface area (Å²) in [7, 11) is 1.80. The summed E-state index contributed by atoms with van der Waals surface area (Å²) in [5.41, 5.74) is 3.38. The second-order valence-corrected chi connectivity index (χ2v) is 9.65. The van der Waals surface area contributed by atoms with Crippen LogP contribution in [0.25, 0.3) is 0 Å². The van der Waals surface area contributed by atoms with Gasteiger partial charge in [-0.05, 0) is 56.0 Å². The molecule has 0 radical (unpaired) electrons. The summed E-state index contributed by atoms with van der Waals surface area (Å²) >= 11 is 0. The number of carbonyl (C=O) groups is 1. The van der Waals surface area contributed by atoms with E-state index in [4.69, 9.17) is 18.9 Å². The van der Waals surface area contributed by atoms with E-state index in [-0.39, 0.29) is 18.1 Å². The van der Waals surface area contributed by atoms with E-state index >= 15 is 0 Å². The first kappa shape index (κ1) is 25.5. The van der Waals surface area contributed by atoms with E-state index in [1.165, 1.54) is 11.1 Å². The summed E-state index contributed by atoms with van der Waals surface area (Å²) in [6.07, 6.45) is 1.86. The molecule has 2 fully saturated rings. The van der Waals surface area contributed by atoms with Crippen molar-refractivity contribution in [3.8, 4) is 11.5 Å². The lowest BCUT2D eigenvalue weighted by atomic mass is 9.91. The third-order valence-electron chi connectivity index (χ3n) is 7.08. The highest BCUT2D eigenvalue weighted by molar-refractivity contribution is 5.77. The Balaban J connectivity index is 1.22. The highest BCUT2D eigenvalue weighted by Gasteiger charge is 2.35. The van der Waals surface area contributed by atoms with Crippen molar-refractivity contribution < 1.29 is 23.7 Å². The minimum atomic E-state index is -0.251. The van der Waals surface area contributed by atoms with Crippen LogP contribution in [0.4, 0.5) is 0 Å². The van der Waals surface area contributed by atoms with Crippen molar-refractivity contribution in [3.05, 3.63) is 59.2 Å². The summed E-state index contributed by atoms with van der Waals surface area (Å²) in [6, 6.07) is 14.3. The number of amides is 1. The zero-order valence-electron chi connectivity index (χ0n) is 21.3. The number of aryl methyl sites for hydroxylation is 2. The van der Waals surface area contributed by atoms with Gasteiger partial charge in [-0.1, -0.05) is 29.8 Å². The van der Waals surface area contributed by atoms with Crippen LogP contribution in [0.3, 0.4) is 0 Å². The third kappa shape index (κ3) is 6.97. The quantitative estimate of drug-likeness (QED) is 0.544. The van der Waals surface area contributed by atoms with Crippen LogP contribution in [-0.4, -0.2) is 81.0 Å². The molecule has 7 heteroatoms. The normalized spacial score (nSPS) is 18.3. The smallest absolute Gasteiger partial charge is 0.260 e. The fraction of sp³-hybridized carbons (Fsp3) is 0.536. The molecule has 0 atom stereocenters. The Morgan fingerprint density at radius 1 is 0.971 bits per heavy atom. The Kier molecular flexibility index (Phi) is 8.65. The summed E-state index contributed by atoms with van der Waals surface area (Å²) < 4.78 is 23.1. The van der Waals surface area contributed by atoms with Gasteiger partial charge in [-0.3, -0.25) is 9.69 Å².